The summed E-state index contributed by atoms with van der Waals surface area (Å²) in [5, 5.41) is 0.957. The number of nitrogens with zero attached hydrogens (tertiary/aromatic N) is 1. The molecule has 0 bridgehead atoms. The lowest BCUT2D eigenvalue weighted by molar-refractivity contribution is -0.120. The molecule has 2 aromatic rings. The highest BCUT2D eigenvalue weighted by Gasteiger charge is 2.49. The number of hydrogen-bond donors (Lipinski definition) is 0. The number of hydrogen-bond acceptors (Lipinski definition) is 3. The van der Waals surface area contributed by atoms with Crippen LogP contribution >= 0.6 is 11.3 Å². The van der Waals surface area contributed by atoms with E-state index in [1.165, 1.54) is 4.70 Å². The molecule has 88 valence electrons. The molecule has 1 fully saturated rings. The van der Waals surface area contributed by atoms with Gasteiger partial charge in [-0.3, -0.25) is 4.79 Å². The maximum absolute atomic E-state index is 12.0. The maximum atomic E-state index is 12.0. The molecule has 0 saturated heterocycles. The minimum absolute atomic E-state index is 0.230. The van der Waals surface area contributed by atoms with E-state index < -0.39 is 0 Å². The van der Waals surface area contributed by atoms with E-state index in [-0.39, 0.29) is 11.3 Å². The van der Waals surface area contributed by atoms with Crippen molar-refractivity contribution in [3.05, 3.63) is 29.3 Å². The first kappa shape index (κ1) is 10.9. The summed E-state index contributed by atoms with van der Waals surface area (Å²) in [5.74, 6) is 0.614. The zero-order chi connectivity index (χ0) is 12.0. The number of rotatable bonds is 3. The van der Waals surface area contributed by atoms with Gasteiger partial charge >= 0.3 is 0 Å². The summed E-state index contributed by atoms with van der Waals surface area (Å²) in [5.41, 5.74) is 1.24. The van der Waals surface area contributed by atoms with Crippen molar-refractivity contribution >= 4 is 27.3 Å². The minimum Gasteiger partial charge on any atom is -0.299 e. The number of aromatic nitrogens is 1. The largest absolute Gasteiger partial charge is 0.299 e. The third-order valence-corrected chi connectivity index (χ3v) is 4.60. The Morgan fingerprint density at radius 3 is 2.82 bits per heavy atom. The molecule has 1 saturated carbocycles. The predicted octanol–water partition coefficient (Wildman–Crippen LogP) is 3.45. The Balaban J connectivity index is 1.79. The number of benzene rings is 1. The van der Waals surface area contributed by atoms with Gasteiger partial charge in [-0.2, -0.15) is 0 Å². The van der Waals surface area contributed by atoms with Gasteiger partial charge in [0.05, 0.1) is 16.6 Å². The zero-order valence-corrected chi connectivity index (χ0v) is 10.9. The molecule has 0 amide bonds. The number of thiazole rings is 1. The highest BCUT2D eigenvalue weighted by molar-refractivity contribution is 7.18. The first-order valence-electron chi connectivity index (χ1n) is 5.93. The Labute approximate surface area is 105 Å². The van der Waals surface area contributed by atoms with Crippen LogP contribution in [0.2, 0.25) is 0 Å². The lowest BCUT2D eigenvalue weighted by Gasteiger charge is -2.00. The standard InChI is InChI=1S/C14H15NOS/c1-14(2)8-9(14)11(16)7-13-15-10-5-3-4-6-12(10)17-13/h3-6,9H,7-8H2,1-2H3. The minimum atomic E-state index is 0.230. The predicted molar refractivity (Wildman–Crippen MR) is 70.2 cm³/mol. The van der Waals surface area contributed by atoms with Gasteiger partial charge in [0.2, 0.25) is 0 Å². The Morgan fingerprint density at radius 1 is 1.47 bits per heavy atom. The molecule has 1 heterocycles. The summed E-state index contributed by atoms with van der Waals surface area (Å²) in [6.45, 7) is 4.32. The van der Waals surface area contributed by atoms with Gasteiger partial charge < -0.3 is 0 Å². The zero-order valence-electron chi connectivity index (χ0n) is 10.1. The fourth-order valence-corrected chi connectivity index (χ4v) is 3.26. The summed E-state index contributed by atoms with van der Waals surface area (Å²) in [4.78, 5) is 16.5. The van der Waals surface area contributed by atoms with E-state index in [0.29, 0.717) is 12.2 Å². The lowest BCUT2D eigenvalue weighted by atomic mass is 10.1. The molecule has 3 rings (SSSR count). The maximum Gasteiger partial charge on any atom is 0.143 e. The Kier molecular flexibility index (Phi) is 2.33. The van der Waals surface area contributed by atoms with Gasteiger partial charge in [0.15, 0.2) is 0 Å². The van der Waals surface area contributed by atoms with Crippen LogP contribution in [0.3, 0.4) is 0 Å². The molecule has 2 nitrogen and oxygen atoms in total. The number of ketones is 1. The number of Topliss-reactive ketones (excluding diaryl/α,β-unsaturated/α-hetero) is 1. The Bertz CT molecular complexity index is 552. The third kappa shape index (κ3) is 2.00. The normalized spacial score (nSPS) is 21.6. The van der Waals surface area contributed by atoms with E-state index in [2.05, 4.69) is 24.9 Å². The van der Waals surface area contributed by atoms with Gasteiger partial charge in [-0.25, -0.2) is 4.98 Å². The van der Waals surface area contributed by atoms with Gasteiger partial charge in [-0.05, 0) is 24.0 Å². The second-order valence-electron chi connectivity index (χ2n) is 5.46. The van der Waals surface area contributed by atoms with Crippen molar-refractivity contribution < 1.29 is 4.79 Å². The molecular formula is C14H15NOS. The number of fused-ring (bicyclic) bond motifs is 1. The van der Waals surface area contributed by atoms with Crippen LogP contribution in [0.15, 0.2) is 24.3 Å². The van der Waals surface area contributed by atoms with Crippen molar-refractivity contribution in [2.75, 3.05) is 0 Å². The van der Waals surface area contributed by atoms with Gasteiger partial charge in [0.1, 0.15) is 10.8 Å². The molecule has 0 N–H and O–H groups in total. The number of carbonyl (C=O) groups excluding carboxylic acids is 1. The smallest absolute Gasteiger partial charge is 0.143 e. The molecular weight excluding hydrogens is 230 g/mol. The highest BCUT2D eigenvalue weighted by Crippen LogP contribution is 2.52. The van der Waals surface area contributed by atoms with Crippen LogP contribution in [0.4, 0.5) is 0 Å². The van der Waals surface area contributed by atoms with E-state index in [0.717, 1.165) is 16.9 Å². The first-order chi connectivity index (χ1) is 8.06. The highest BCUT2D eigenvalue weighted by atomic mass is 32.1. The number of carbonyl (C=O) groups is 1. The van der Waals surface area contributed by atoms with Crippen LogP contribution in [0.25, 0.3) is 10.2 Å². The van der Waals surface area contributed by atoms with Crippen molar-refractivity contribution in [1.29, 1.82) is 0 Å². The Hall–Kier alpha value is -1.22. The molecule has 0 radical (unpaired) electrons. The fourth-order valence-electron chi connectivity index (χ4n) is 2.28. The first-order valence-corrected chi connectivity index (χ1v) is 6.75. The molecule has 0 spiro atoms. The van der Waals surface area contributed by atoms with E-state index in [1.807, 2.05) is 18.2 Å². The van der Waals surface area contributed by atoms with Crippen molar-refractivity contribution in [2.45, 2.75) is 26.7 Å². The lowest BCUT2D eigenvalue weighted by Crippen LogP contribution is -2.08. The molecule has 1 atom stereocenters. The quantitative estimate of drug-likeness (QED) is 0.829. The van der Waals surface area contributed by atoms with Crippen molar-refractivity contribution in [3.63, 3.8) is 0 Å². The monoisotopic (exact) mass is 245 g/mol. The fraction of sp³-hybridized carbons (Fsp3) is 0.429. The van der Waals surface area contributed by atoms with E-state index in [1.54, 1.807) is 11.3 Å². The van der Waals surface area contributed by atoms with E-state index in [9.17, 15) is 4.79 Å². The molecule has 1 aromatic heterocycles. The molecule has 1 aliphatic rings. The Morgan fingerprint density at radius 2 is 2.18 bits per heavy atom. The summed E-state index contributed by atoms with van der Waals surface area (Å²) >= 11 is 1.64. The average Bonchev–Trinajstić information content (AvgIpc) is 2.73. The van der Waals surface area contributed by atoms with Crippen molar-refractivity contribution in [1.82, 2.24) is 4.98 Å². The second kappa shape index (κ2) is 3.64. The average molecular weight is 245 g/mol. The molecule has 1 aromatic carbocycles. The third-order valence-electron chi connectivity index (χ3n) is 3.57. The summed E-state index contributed by atoms with van der Waals surface area (Å²) in [6.07, 6.45) is 1.55. The summed E-state index contributed by atoms with van der Waals surface area (Å²) in [7, 11) is 0. The van der Waals surface area contributed by atoms with Crippen LogP contribution in [0, 0.1) is 11.3 Å². The van der Waals surface area contributed by atoms with Crippen LogP contribution < -0.4 is 0 Å². The van der Waals surface area contributed by atoms with Crippen LogP contribution in [-0.2, 0) is 11.2 Å². The van der Waals surface area contributed by atoms with E-state index >= 15 is 0 Å². The van der Waals surface area contributed by atoms with Crippen LogP contribution in [-0.4, -0.2) is 10.8 Å². The van der Waals surface area contributed by atoms with Gasteiger partial charge in [0.25, 0.3) is 0 Å². The summed E-state index contributed by atoms with van der Waals surface area (Å²) in [6, 6.07) is 8.05. The molecule has 1 aliphatic carbocycles. The van der Waals surface area contributed by atoms with Crippen LogP contribution in [0.5, 0.6) is 0 Å². The van der Waals surface area contributed by atoms with Gasteiger partial charge in [-0.15, -0.1) is 11.3 Å². The van der Waals surface area contributed by atoms with Gasteiger partial charge in [0, 0.05) is 5.92 Å². The number of para-hydroxylation sites is 1. The molecule has 17 heavy (non-hydrogen) atoms. The van der Waals surface area contributed by atoms with E-state index in [4.69, 9.17) is 0 Å². The van der Waals surface area contributed by atoms with Gasteiger partial charge in [-0.1, -0.05) is 26.0 Å². The second-order valence-corrected chi connectivity index (χ2v) is 6.58. The topological polar surface area (TPSA) is 30.0 Å². The van der Waals surface area contributed by atoms with Crippen molar-refractivity contribution in [3.8, 4) is 0 Å². The molecule has 0 aliphatic heterocycles. The SMILES string of the molecule is CC1(C)CC1C(=O)Cc1nc2ccccc2s1. The van der Waals surface area contributed by atoms with Crippen molar-refractivity contribution in [2.24, 2.45) is 11.3 Å². The molecule has 3 heteroatoms. The summed E-state index contributed by atoms with van der Waals surface area (Å²) < 4.78 is 1.17. The van der Waals surface area contributed by atoms with Crippen LogP contribution in [0.1, 0.15) is 25.3 Å². The molecule has 1 unspecified atom stereocenters.